The number of pyridine rings is 1. The quantitative estimate of drug-likeness (QED) is 0.842. The van der Waals surface area contributed by atoms with Crippen LogP contribution in [-0.4, -0.2) is 66.1 Å². The number of furan rings is 1. The van der Waals surface area contributed by atoms with Gasteiger partial charge in [-0.3, -0.25) is 9.69 Å². The number of ether oxygens (including phenoxy) is 1. The molecular formula is C18H23N3O3. The largest absolute Gasteiger partial charge is 0.449 e. The van der Waals surface area contributed by atoms with Crippen molar-refractivity contribution in [3.8, 4) is 0 Å². The number of aryl methyl sites for hydroxylation is 1. The molecule has 0 aromatic carbocycles. The van der Waals surface area contributed by atoms with Crippen LogP contribution >= 0.6 is 0 Å². The molecule has 4 heterocycles. The number of nitrogens with zero attached hydrogens (tertiary/aromatic N) is 3. The van der Waals surface area contributed by atoms with Gasteiger partial charge >= 0.3 is 0 Å². The topological polar surface area (TPSA) is 58.8 Å². The molecule has 2 saturated heterocycles. The number of likely N-dealkylation sites (tertiary alicyclic amines) is 1. The zero-order valence-corrected chi connectivity index (χ0v) is 14.2. The molecule has 0 spiro atoms. The Morgan fingerprint density at radius 3 is 2.83 bits per heavy atom. The number of fused-ring (bicyclic) bond motifs is 1. The van der Waals surface area contributed by atoms with E-state index in [2.05, 4.69) is 16.8 Å². The van der Waals surface area contributed by atoms with Gasteiger partial charge < -0.3 is 14.1 Å². The highest BCUT2D eigenvalue weighted by Gasteiger charge is 2.37. The Bertz CT molecular complexity index is 751. The summed E-state index contributed by atoms with van der Waals surface area (Å²) in [5.41, 5.74) is 2.33. The highest BCUT2D eigenvalue weighted by molar-refractivity contribution is 5.95. The average molecular weight is 329 g/mol. The van der Waals surface area contributed by atoms with E-state index in [0.29, 0.717) is 23.3 Å². The summed E-state index contributed by atoms with van der Waals surface area (Å²) in [6.07, 6.45) is 0. The zero-order valence-electron chi connectivity index (χ0n) is 14.2. The third-order valence-electron chi connectivity index (χ3n) is 5.10. The highest BCUT2D eigenvalue weighted by atomic mass is 16.5. The zero-order chi connectivity index (χ0) is 16.7. The lowest BCUT2D eigenvalue weighted by atomic mass is 10.0. The molecule has 6 heteroatoms. The van der Waals surface area contributed by atoms with Gasteiger partial charge in [-0.15, -0.1) is 0 Å². The van der Waals surface area contributed by atoms with E-state index >= 15 is 0 Å². The van der Waals surface area contributed by atoms with Crippen LogP contribution in [0.4, 0.5) is 0 Å². The van der Waals surface area contributed by atoms with E-state index in [-0.39, 0.29) is 5.91 Å². The van der Waals surface area contributed by atoms with Gasteiger partial charge in [-0.2, -0.15) is 0 Å². The summed E-state index contributed by atoms with van der Waals surface area (Å²) in [5.74, 6) is 0.808. The molecule has 0 radical (unpaired) electrons. The first-order valence-electron chi connectivity index (χ1n) is 8.60. The summed E-state index contributed by atoms with van der Waals surface area (Å²) in [7, 11) is 0. The first kappa shape index (κ1) is 15.6. The number of carbonyl (C=O) groups is 1. The molecule has 2 aliphatic heterocycles. The van der Waals surface area contributed by atoms with Crippen molar-refractivity contribution in [3.63, 3.8) is 0 Å². The van der Waals surface area contributed by atoms with Gasteiger partial charge in [0.15, 0.2) is 11.3 Å². The molecule has 6 nitrogen and oxygen atoms in total. The maximum Gasteiger partial charge on any atom is 0.289 e. The Hall–Kier alpha value is -1.92. The molecule has 0 bridgehead atoms. The first-order valence-corrected chi connectivity index (χ1v) is 8.60. The summed E-state index contributed by atoms with van der Waals surface area (Å²) in [4.78, 5) is 21.6. The molecule has 2 aromatic rings. The van der Waals surface area contributed by atoms with Crippen LogP contribution in [-0.2, 0) is 4.74 Å². The number of morpholine rings is 1. The predicted octanol–water partition coefficient (Wildman–Crippen LogP) is 1.93. The van der Waals surface area contributed by atoms with E-state index in [1.807, 2.05) is 24.0 Å². The predicted molar refractivity (Wildman–Crippen MR) is 90.0 cm³/mol. The van der Waals surface area contributed by atoms with Crippen LogP contribution in [0.5, 0.6) is 0 Å². The summed E-state index contributed by atoms with van der Waals surface area (Å²) in [6.45, 7) is 9.14. The monoisotopic (exact) mass is 329 g/mol. The van der Waals surface area contributed by atoms with E-state index in [4.69, 9.17) is 9.15 Å². The van der Waals surface area contributed by atoms with Crippen LogP contribution in [0.25, 0.3) is 11.1 Å². The molecule has 2 unspecified atom stereocenters. The van der Waals surface area contributed by atoms with E-state index < -0.39 is 0 Å². The minimum absolute atomic E-state index is 0.0340. The maximum absolute atomic E-state index is 12.8. The van der Waals surface area contributed by atoms with Crippen LogP contribution in [0, 0.1) is 12.8 Å². The Kier molecular flexibility index (Phi) is 4.02. The third-order valence-corrected chi connectivity index (χ3v) is 5.10. The van der Waals surface area contributed by atoms with Gasteiger partial charge in [-0.1, -0.05) is 6.92 Å². The second-order valence-electron chi connectivity index (χ2n) is 6.85. The van der Waals surface area contributed by atoms with Crippen molar-refractivity contribution in [3.05, 3.63) is 29.7 Å². The normalized spacial score (nSPS) is 25.5. The van der Waals surface area contributed by atoms with Crippen LogP contribution in [0.3, 0.4) is 0 Å². The fourth-order valence-corrected chi connectivity index (χ4v) is 3.79. The van der Waals surface area contributed by atoms with E-state index in [0.717, 1.165) is 50.6 Å². The summed E-state index contributed by atoms with van der Waals surface area (Å²) in [6, 6.07) is 5.93. The van der Waals surface area contributed by atoms with Crippen LogP contribution in [0.1, 0.15) is 23.2 Å². The first-order chi connectivity index (χ1) is 11.6. The molecule has 2 aliphatic rings. The van der Waals surface area contributed by atoms with Crippen molar-refractivity contribution >= 4 is 17.0 Å². The van der Waals surface area contributed by atoms with Crippen molar-refractivity contribution in [1.29, 1.82) is 0 Å². The van der Waals surface area contributed by atoms with Crippen molar-refractivity contribution in [2.75, 3.05) is 39.4 Å². The Balaban J connectivity index is 1.51. The minimum Gasteiger partial charge on any atom is -0.449 e. The van der Waals surface area contributed by atoms with Crippen molar-refractivity contribution in [1.82, 2.24) is 14.8 Å². The highest BCUT2D eigenvalue weighted by Crippen LogP contribution is 2.26. The van der Waals surface area contributed by atoms with Gasteiger partial charge in [-0.25, -0.2) is 4.98 Å². The fourth-order valence-electron chi connectivity index (χ4n) is 3.79. The lowest BCUT2D eigenvalue weighted by Gasteiger charge is -2.33. The summed E-state index contributed by atoms with van der Waals surface area (Å²) >= 11 is 0. The number of hydrogen-bond acceptors (Lipinski definition) is 5. The van der Waals surface area contributed by atoms with E-state index in [9.17, 15) is 4.79 Å². The van der Waals surface area contributed by atoms with Crippen LogP contribution in [0.15, 0.2) is 22.6 Å². The van der Waals surface area contributed by atoms with Crippen molar-refractivity contribution in [2.45, 2.75) is 19.9 Å². The molecule has 0 aliphatic carbocycles. The molecule has 24 heavy (non-hydrogen) atoms. The van der Waals surface area contributed by atoms with Crippen LogP contribution < -0.4 is 0 Å². The third kappa shape index (κ3) is 2.80. The molecule has 2 aromatic heterocycles. The number of rotatable bonds is 2. The second kappa shape index (κ2) is 6.18. The number of hydrogen-bond donors (Lipinski definition) is 0. The number of carbonyl (C=O) groups excluding carboxylic acids is 1. The van der Waals surface area contributed by atoms with E-state index in [1.54, 1.807) is 6.07 Å². The fraction of sp³-hybridized carbons (Fsp3) is 0.556. The Morgan fingerprint density at radius 1 is 1.25 bits per heavy atom. The standard InChI is InChI=1S/C18H23N3O3/c1-12-10-21(11-15(12)20-5-7-23-8-6-20)18(22)17-9-14-16(24-17)4-3-13(2)19-14/h3-4,9,12,15H,5-8,10-11H2,1-2H3. The molecule has 0 saturated carbocycles. The lowest BCUT2D eigenvalue weighted by Crippen LogP contribution is -2.47. The van der Waals surface area contributed by atoms with Crippen molar-refractivity contribution in [2.24, 2.45) is 5.92 Å². The molecule has 2 fully saturated rings. The summed E-state index contributed by atoms with van der Waals surface area (Å²) < 4.78 is 11.2. The molecule has 4 rings (SSSR count). The van der Waals surface area contributed by atoms with Gasteiger partial charge in [0, 0.05) is 44.0 Å². The molecule has 1 amide bonds. The summed E-state index contributed by atoms with van der Waals surface area (Å²) in [5, 5.41) is 0. The second-order valence-corrected chi connectivity index (χ2v) is 6.85. The van der Waals surface area contributed by atoms with E-state index in [1.165, 1.54) is 0 Å². The van der Waals surface area contributed by atoms with Gasteiger partial charge in [0.1, 0.15) is 5.52 Å². The molecule has 2 atom stereocenters. The van der Waals surface area contributed by atoms with Crippen molar-refractivity contribution < 1.29 is 13.9 Å². The maximum atomic E-state index is 12.8. The van der Waals surface area contributed by atoms with Crippen LogP contribution in [0.2, 0.25) is 0 Å². The smallest absolute Gasteiger partial charge is 0.289 e. The Morgan fingerprint density at radius 2 is 2.04 bits per heavy atom. The van der Waals surface area contributed by atoms with Gasteiger partial charge in [-0.05, 0) is 25.0 Å². The number of amides is 1. The number of aromatic nitrogens is 1. The molecular weight excluding hydrogens is 306 g/mol. The minimum atomic E-state index is -0.0340. The van der Waals surface area contributed by atoms with Gasteiger partial charge in [0.2, 0.25) is 0 Å². The van der Waals surface area contributed by atoms with Gasteiger partial charge in [0.05, 0.1) is 13.2 Å². The van der Waals surface area contributed by atoms with Gasteiger partial charge in [0.25, 0.3) is 5.91 Å². The Labute approximate surface area is 141 Å². The molecule has 0 N–H and O–H groups in total. The average Bonchev–Trinajstić information content (AvgIpc) is 3.18. The SMILES string of the molecule is Cc1ccc2oc(C(=O)N3CC(C)C(N4CCOCC4)C3)cc2n1. The molecule has 128 valence electrons. The lowest BCUT2D eigenvalue weighted by molar-refractivity contribution is 0.0119.